The van der Waals surface area contributed by atoms with E-state index in [1.165, 1.54) is 6.07 Å². The van der Waals surface area contributed by atoms with Crippen molar-refractivity contribution in [3.8, 4) is 5.75 Å². The quantitative estimate of drug-likeness (QED) is 0.775. The van der Waals surface area contributed by atoms with Crippen molar-refractivity contribution in [1.82, 2.24) is 15.1 Å². The Bertz CT molecular complexity index is 941. The van der Waals surface area contributed by atoms with Gasteiger partial charge >= 0.3 is 5.63 Å². The van der Waals surface area contributed by atoms with E-state index in [1.807, 2.05) is 4.90 Å². The first-order valence-corrected chi connectivity index (χ1v) is 9.55. The lowest BCUT2D eigenvalue weighted by molar-refractivity contribution is -0.141. The molecule has 8 heteroatoms. The molecule has 0 aliphatic carbocycles. The van der Waals surface area contributed by atoms with Crippen LogP contribution in [-0.2, 0) is 9.59 Å². The van der Waals surface area contributed by atoms with Gasteiger partial charge < -0.3 is 24.3 Å². The minimum absolute atomic E-state index is 0.0715. The number of hydrogen-bond acceptors (Lipinski definition) is 6. The monoisotopic (exact) mass is 385 g/mol. The first kappa shape index (κ1) is 18.5. The van der Waals surface area contributed by atoms with Gasteiger partial charge in [0.25, 0.3) is 5.91 Å². The van der Waals surface area contributed by atoms with Crippen molar-refractivity contribution in [3.05, 3.63) is 40.8 Å². The van der Waals surface area contributed by atoms with Crippen LogP contribution in [0.1, 0.15) is 12.8 Å². The van der Waals surface area contributed by atoms with Crippen molar-refractivity contribution in [3.63, 3.8) is 0 Å². The number of carbonyl (C=O) groups excluding carboxylic acids is 2. The number of carbonyl (C=O) groups is 2. The summed E-state index contributed by atoms with van der Waals surface area (Å²) >= 11 is 0. The SMILES string of the molecule is O=C(COc1ccc2ccc(=O)oc2c1)N1CCCC(N2CCNCC2=O)C1. The number of hydrogen-bond donors (Lipinski definition) is 1. The third-order valence-electron chi connectivity index (χ3n) is 5.27. The first-order chi connectivity index (χ1) is 13.6. The molecule has 2 fully saturated rings. The Morgan fingerprint density at radius 3 is 2.93 bits per heavy atom. The van der Waals surface area contributed by atoms with Crippen LogP contribution in [0.5, 0.6) is 5.75 Å². The number of fused-ring (bicyclic) bond motifs is 1. The zero-order chi connectivity index (χ0) is 19.5. The van der Waals surface area contributed by atoms with Crippen LogP contribution in [0.2, 0.25) is 0 Å². The molecule has 0 spiro atoms. The standard InChI is InChI=1S/C20H23N3O5/c24-18-11-21-7-9-23(18)15-2-1-8-22(12-15)19(25)13-27-16-5-3-14-4-6-20(26)28-17(14)10-16/h3-6,10,15,21H,1-2,7-9,11-13H2. The molecule has 28 heavy (non-hydrogen) atoms. The molecule has 0 bridgehead atoms. The van der Waals surface area contributed by atoms with Gasteiger partial charge in [0.2, 0.25) is 5.91 Å². The Balaban J connectivity index is 1.36. The minimum Gasteiger partial charge on any atom is -0.484 e. The maximum Gasteiger partial charge on any atom is 0.336 e. The molecule has 0 saturated carbocycles. The molecule has 1 aromatic carbocycles. The number of nitrogens with one attached hydrogen (secondary N) is 1. The summed E-state index contributed by atoms with van der Waals surface area (Å²) in [5, 5.41) is 3.86. The van der Waals surface area contributed by atoms with E-state index in [-0.39, 0.29) is 24.5 Å². The summed E-state index contributed by atoms with van der Waals surface area (Å²) in [6.45, 7) is 2.96. The molecule has 0 radical (unpaired) electrons. The summed E-state index contributed by atoms with van der Waals surface area (Å²) in [6.07, 6.45) is 1.79. The summed E-state index contributed by atoms with van der Waals surface area (Å²) in [7, 11) is 0. The van der Waals surface area contributed by atoms with Gasteiger partial charge in [-0.3, -0.25) is 9.59 Å². The Labute approximate surface area is 162 Å². The predicted octanol–water partition coefficient (Wildman–Crippen LogP) is 0.595. The van der Waals surface area contributed by atoms with Crippen molar-refractivity contribution in [2.45, 2.75) is 18.9 Å². The zero-order valence-corrected chi connectivity index (χ0v) is 15.6. The molecule has 8 nitrogen and oxygen atoms in total. The highest BCUT2D eigenvalue weighted by atomic mass is 16.5. The number of rotatable bonds is 4. The summed E-state index contributed by atoms with van der Waals surface area (Å²) in [5.74, 6) is 0.461. The maximum atomic E-state index is 12.6. The molecule has 4 rings (SSSR count). The van der Waals surface area contributed by atoms with Crippen LogP contribution in [0.3, 0.4) is 0 Å². The Kier molecular flexibility index (Phi) is 5.29. The molecule has 2 saturated heterocycles. The third kappa shape index (κ3) is 4.01. The minimum atomic E-state index is -0.428. The lowest BCUT2D eigenvalue weighted by atomic mass is 10.0. The fourth-order valence-electron chi connectivity index (χ4n) is 3.81. The number of benzene rings is 1. The van der Waals surface area contributed by atoms with Crippen LogP contribution in [0.15, 0.2) is 39.5 Å². The lowest BCUT2D eigenvalue weighted by Gasteiger charge is -2.41. The van der Waals surface area contributed by atoms with Gasteiger partial charge in [0.1, 0.15) is 11.3 Å². The van der Waals surface area contributed by atoms with Gasteiger partial charge in [0, 0.05) is 49.7 Å². The van der Waals surface area contributed by atoms with Crippen molar-refractivity contribution in [2.75, 3.05) is 39.3 Å². The number of piperazine rings is 1. The summed E-state index contributed by atoms with van der Waals surface area (Å²) in [6, 6.07) is 8.26. The predicted molar refractivity (Wildman–Crippen MR) is 102 cm³/mol. The van der Waals surface area contributed by atoms with Gasteiger partial charge in [-0.15, -0.1) is 0 Å². The molecule has 148 valence electrons. The van der Waals surface area contributed by atoms with Crippen LogP contribution in [0.4, 0.5) is 0 Å². The van der Waals surface area contributed by atoms with Gasteiger partial charge in [-0.25, -0.2) is 4.79 Å². The average Bonchev–Trinajstić information content (AvgIpc) is 2.72. The van der Waals surface area contributed by atoms with Gasteiger partial charge in [-0.1, -0.05) is 0 Å². The number of nitrogens with zero attached hydrogens (tertiary/aromatic N) is 2. The van der Waals surface area contributed by atoms with Crippen LogP contribution >= 0.6 is 0 Å². The summed E-state index contributed by atoms with van der Waals surface area (Å²) in [4.78, 5) is 39.7. The highest BCUT2D eigenvalue weighted by molar-refractivity contribution is 5.81. The third-order valence-corrected chi connectivity index (χ3v) is 5.27. The van der Waals surface area contributed by atoms with Gasteiger partial charge in [-0.2, -0.15) is 0 Å². The molecule has 2 aliphatic rings. The van der Waals surface area contributed by atoms with E-state index >= 15 is 0 Å². The largest absolute Gasteiger partial charge is 0.484 e. The van der Waals surface area contributed by atoms with Crippen molar-refractivity contribution in [1.29, 1.82) is 0 Å². The molecule has 3 heterocycles. The molecule has 2 amide bonds. The van der Waals surface area contributed by atoms with Gasteiger partial charge in [0.05, 0.1) is 6.54 Å². The summed E-state index contributed by atoms with van der Waals surface area (Å²) in [5.41, 5.74) is -0.00440. The molecule has 1 aromatic heterocycles. The second-order valence-corrected chi connectivity index (χ2v) is 7.14. The first-order valence-electron chi connectivity index (χ1n) is 9.55. The van der Waals surface area contributed by atoms with Crippen LogP contribution < -0.4 is 15.7 Å². The summed E-state index contributed by atoms with van der Waals surface area (Å²) < 4.78 is 10.8. The fourth-order valence-corrected chi connectivity index (χ4v) is 3.81. The molecule has 1 atom stereocenters. The second-order valence-electron chi connectivity index (χ2n) is 7.14. The molecule has 1 N–H and O–H groups in total. The topological polar surface area (TPSA) is 92.1 Å². The van der Waals surface area contributed by atoms with E-state index in [9.17, 15) is 14.4 Å². The molecular weight excluding hydrogens is 362 g/mol. The van der Waals surface area contributed by atoms with E-state index in [4.69, 9.17) is 9.15 Å². The number of ether oxygens (including phenoxy) is 1. The van der Waals surface area contributed by atoms with Crippen LogP contribution in [0, 0.1) is 0 Å². The smallest absolute Gasteiger partial charge is 0.336 e. The fraction of sp³-hybridized carbons (Fsp3) is 0.450. The Morgan fingerprint density at radius 2 is 2.07 bits per heavy atom. The number of amides is 2. The van der Waals surface area contributed by atoms with Crippen molar-refractivity contribution < 1.29 is 18.7 Å². The maximum absolute atomic E-state index is 12.6. The van der Waals surface area contributed by atoms with Crippen molar-refractivity contribution in [2.24, 2.45) is 0 Å². The van der Waals surface area contributed by atoms with E-state index < -0.39 is 5.63 Å². The highest BCUT2D eigenvalue weighted by Crippen LogP contribution is 2.20. The van der Waals surface area contributed by atoms with E-state index in [0.717, 1.165) is 24.8 Å². The van der Waals surface area contributed by atoms with Gasteiger partial charge in [0.15, 0.2) is 6.61 Å². The second kappa shape index (κ2) is 8.02. The molecule has 1 unspecified atom stereocenters. The molecule has 2 aliphatic heterocycles. The molecule has 2 aromatic rings. The zero-order valence-electron chi connectivity index (χ0n) is 15.6. The van der Waals surface area contributed by atoms with E-state index in [1.54, 1.807) is 29.2 Å². The number of piperidine rings is 1. The Hall–Kier alpha value is -2.87. The van der Waals surface area contributed by atoms with Crippen molar-refractivity contribution >= 4 is 22.8 Å². The molecular formula is C20H23N3O5. The van der Waals surface area contributed by atoms with E-state index in [2.05, 4.69) is 5.32 Å². The van der Waals surface area contributed by atoms with E-state index in [0.29, 0.717) is 37.5 Å². The average molecular weight is 385 g/mol. The number of likely N-dealkylation sites (tertiary alicyclic amines) is 1. The Morgan fingerprint density at radius 1 is 1.21 bits per heavy atom. The van der Waals surface area contributed by atoms with Crippen LogP contribution in [0.25, 0.3) is 11.0 Å². The lowest BCUT2D eigenvalue weighted by Crippen LogP contribution is -2.57. The normalized spacial score (nSPS) is 20.4. The van der Waals surface area contributed by atoms with Crippen LogP contribution in [-0.4, -0.2) is 67.0 Å². The highest BCUT2D eigenvalue weighted by Gasteiger charge is 2.31. The van der Waals surface area contributed by atoms with Gasteiger partial charge in [-0.05, 0) is 31.0 Å².